The number of aromatic nitrogens is 1. The quantitative estimate of drug-likeness (QED) is 0.868. The molecule has 0 radical (unpaired) electrons. The highest BCUT2D eigenvalue weighted by Crippen LogP contribution is 2.33. The van der Waals surface area contributed by atoms with Crippen molar-refractivity contribution in [2.45, 2.75) is 6.42 Å². The van der Waals surface area contributed by atoms with Gasteiger partial charge in [-0.2, -0.15) is 5.26 Å². The van der Waals surface area contributed by atoms with E-state index in [1.807, 2.05) is 18.2 Å². The first-order valence-electron chi connectivity index (χ1n) is 5.45. The zero-order chi connectivity index (χ0) is 13.8. The van der Waals surface area contributed by atoms with Crippen LogP contribution < -0.4 is 0 Å². The van der Waals surface area contributed by atoms with Crippen LogP contribution in [0.3, 0.4) is 0 Å². The van der Waals surface area contributed by atoms with Gasteiger partial charge >= 0.3 is 0 Å². The van der Waals surface area contributed by atoms with Gasteiger partial charge in [0.1, 0.15) is 10.7 Å². The summed E-state index contributed by atoms with van der Waals surface area (Å²) < 4.78 is 0.698. The lowest BCUT2D eigenvalue weighted by Gasteiger charge is -2.13. The standard InChI is InChI=1S/C12H10ClN3OS2/c1-16(6-2-5-14)12(17)8-7-18-11(15-8)9-3-4-10(13)19-9/h3-4,7H,2,6H2,1H3. The minimum absolute atomic E-state index is 0.166. The minimum atomic E-state index is -0.166. The van der Waals surface area contributed by atoms with Crippen molar-refractivity contribution in [3.05, 3.63) is 27.5 Å². The smallest absolute Gasteiger partial charge is 0.273 e. The van der Waals surface area contributed by atoms with Crippen molar-refractivity contribution in [2.75, 3.05) is 13.6 Å². The van der Waals surface area contributed by atoms with E-state index in [2.05, 4.69) is 4.98 Å². The molecule has 0 aliphatic carbocycles. The van der Waals surface area contributed by atoms with Crippen LogP contribution in [0.25, 0.3) is 9.88 Å². The van der Waals surface area contributed by atoms with E-state index in [-0.39, 0.29) is 5.91 Å². The van der Waals surface area contributed by atoms with Gasteiger partial charge < -0.3 is 4.90 Å². The van der Waals surface area contributed by atoms with Gasteiger partial charge in [-0.1, -0.05) is 11.6 Å². The number of carbonyl (C=O) groups is 1. The van der Waals surface area contributed by atoms with Gasteiger partial charge in [-0.15, -0.1) is 22.7 Å². The molecule has 0 saturated carbocycles. The van der Waals surface area contributed by atoms with E-state index in [1.54, 1.807) is 12.4 Å². The van der Waals surface area contributed by atoms with Crippen molar-refractivity contribution in [1.29, 1.82) is 5.26 Å². The number of rotatable bonds is 4. The van der Waals surface area contributed by atoms with Crippen LogP contribution in [0, 0.1) is 11.3 Å². The van der Waals surface area contributed by atoms with Gasteiger partial charge in [-0.3, -0.25) is 4.79 Å². The van der Waals surface area contributed by atoms with Gasteiger partial charge in [0, 0.05) is 19.0 Å². The molecule has 0 fully saturated rings. The fourth-order valence-electron chi connectivity index (χ4n) is 1.43. The van der Waals surface area contributed by atoms with Crippen molar-refractivity contribution in [3.8, 4) is 16.0 Å². The predicted molar refractivity (Wildman–Crippen MR) is 77.6 cm³/mol. The monoisotopic (exact) mass is 311 g/mol. The number of thiazole rings is 1. The number of carbonyl (C=O) groups excluding carboxylic acids is 1. The second-order valence-corrected chi connectivity index (χ2v) is 6.35. The summed E-state index contributed by atoms with van der Waals surface area (Å²) in [6.45, 7) is 0.410. The van der Waals surface area contributed by atoms with E-state index in [4.69, 9.17) is 16.9 Å². The van der Waals surface area contributed by atoms with Crippen LogP contribution in [0.2, 0.25) is 4.34 Å². The lowest BCUT2D eigenvalue weighted by Crippen LogP contribution is -2.27. The van der Waals surface area contributed by atoms with Gasteiger partial charge in [0.15, 0.2) is 0 Å². The Balaban J connectivity index is 2.13. The molecule has 0 spiro atoms. The normalized spacial score (nSPS) is 10.2. The van der Waals surface area contributed by atoms with Crippen molar-refractivity contribution >= 4 is 40.2 Å². The number of amides is 1. The average molecular weight is 312 g/mol. The molecule has 0 saturated heterocycles. The highest BCUT2D eigenvalue weighted by atomic mass is 35.5. The Morgan fingerprint density at radius 1 is 1.58 bits per heavy atom. The van der Waals surface area contributed by atoms with E-state index < -0.39 is 0 Å². The number of nitrogens with zero attached hydrogens (tertiary/aromatic N) is 3. The van der Waals surface area contributed by atoms with Crippen LogP contribution in [-0.2, 0) is 0 Å². The Bertz CT molecular complexity index is 629. The average Bonchev–Trinajstić information content (AvgIpc) is 3.03. The minimum Gasteiger partial charge on any atom is -0.339 e. The van der Waals surface area contributed by atoms with E-state index in [1.165, 1.54) is 27.6 Å². The summed E-state index contributed by atoms with van der Waals surface area (Å²) in [5.74, 6) is -0.166. The Labute approximate surface area is 123 Å². The van der Waals surface area contributed by atoms with Crippen LogP contribution in [0.15, 0.2) is 17.5 Å². The molecule has 2 aromatic heterocycles. The third kappa shape index (κ3) is 3.32. The van der Waals surface area contributed by atoms with E-state index in [0.717, 1.165) is 9.88 Å². The zero-order valence-corrected chi connectivity index (χ0v) is 12.5. The largest absolute Gasteiger partial charge is 0.339 e. The Morgan fingerprint density at radius 2 is 2.37 bits per heavy atom. The topological polar surface area (TPSA) is 57.0 Å². The summed E-state index contributed by atoms with van der Waals surface area (Å²) in [5.41, 5.74) is 0.407. The van der Waals surface area contributed by atoms with Crippen molar-refractivity contribution in [2.24, 2.45) is 0 Å². The van der Waals surface area contributed by atoms with Gasteiger partial charge in [0.25, 0.3) is 5.91 Å². The molecular weight excluding hydrogens is 302 g/mol. The molecule has 19 heavy (non-hydrogen) atoms. The molecule has 1 amide bonds. The van der Waals surface area contributed by atoms with Crippen LogP contribution in [0.1, 0.15) is 16.9 Å². The van der Waals surface area contributed by atoms with E-state index in [0.29, 0.717) is 23.0 Å². The third-order valence-electron chi connectivity index (χ3n) is 2.41. The fraction of sp³-hybridized carbons (Fsp3) is 0.250. The van der Waals surface area contributed by atoms with Crippen molar-refractivity contribution in [1.82, 2.24) is 9.88 Å². The van der Waals surface area contributed by atoms with Crippen LogP contribution in [-0.4, -0.2) is 29.4 Å². The Kier molecular flexibility index (Phi) is 4.53. The number of hydrogen-bond acceptors (Lipinski definition) is 5. The number of thiophene rings is 1. The molecule has 0 unspecified atom stereocenters. The molecule has 2 aromatic rings. The molecule has 2 heterocycles. The number of nitriles is 1. The molecule has 0 aliphatic rings. The lowest BCUT2D eigenvalue weighted by molar-refractivity contribution is 0.0793. The maximum atomic E-state index is 12.0. The van der Waals surface area contributed by atoms with Gasteiger partial charge in [0.05, 0.1) is 21.7 Å². The van der Waals surface area contributed by atoms with Gasteiger partial charge in [-0.25, -0.2) is 4.98 Å². The van der Waals surface area contributed by atoms with Crippen LogP contribution in [0.4, 0.5) is 0 Å². The SMILES string of the molecule is CN(CCC#N)C(=O)c1csc(-c2ccc(Cl)s2)n1. The molecule has 0 aliphatic heterocycles. The Morgan fingerprint density at radius 3 is 3.00 bits per heavy atom. The molecule has 7 heteroatoms. The maximum absolute atomic E-state index is 12.0. The molecule has 0 atom stereocenters. The summed E-state index contributed by atoms with van der Waals surface area (Å²) in [5, 5.41) is 11.0. The maximum Gasteiger partial charge on any atom is 0.273 e. The third-order valence-corrected chi connectivity index (χ3v) is 4.66. The second-order valence-electron chi connectivity index (χ2n) is 3.78. The lowest BCUT2D eigenvalue weighted by atomic mass is 10.3. The van der Waals surface area contributed by atoms with Gasteiger partial charge in [0.2, 0.25) is 0 Å². The molecular formula is C12H10ClN3OS2. The van der Waals surface area contributed by atoms with Crippen LogP contribution >= 0.6 is 34.3 Å². The highest BCUT2D eigenvalue weighted by molar-refractivity contribution is 7.23. The van der Waals surface area contributed by atoms with Crippen molar-refractivity contribution < 1.29 is 4.79 Å². The predicted octanol–water partition coefficient (Wildman–Crippen LogP) is 3.51. The first kappa shape index (κ1) is 14.0. The summed E-state index contributed by atoms with van der Waals surface area (Å²) in [6.07, 6.45) is 0.319. The zero-order valence-electron chi connectivity index (χ0n) is 10.1. The van der Waals surface area contributed by atoms with Crippen LogP contribution in [0.5, 0.6) is 0 Å². The number of halogens is 1. The second kappa shape index (κ2) is 6.15. The summed E-state index contributed by atoms with van der Waals surface area (Å²) in [4.78, 5) is 18.8. The van der Waals surface area contributed by atoms with E-state index in [9.17, 15) is 4.79 Å². The fourth-order valence-corrected chi connectivity index (χ4v) is 3.34. The molecule has 98 valence electrons. The first-order valence-corrected chi connectivity index (χ1v) is 7.53. The summed E-state index contributed by atoms with van der Waals surface area (Å²) in [7, 11) is 1.67. The molecule has 0 bridgehead atoms. The first-order chi connectivity index (χ1) is 9.11. The molecule has 4 nitrogen and oxygen atoms in total. The molecule has 2 rings (SSSR count). The number of hydrogen-bond donors (Lipinski definition) is 0. The molecule has 0 aromatic carbocycles. The summed E-state index contributed by atoms with van der Waals surface area (Å²) in [6, 6.07) is 5.71. The van der Waals surface area contributed by atoms with Crippen molar-refractivity contribution in [3.63, 3.8) is 0 Å². The summed E-state index contributed by atoms with van der Waals surface area (Å²) >= 11 is 8.72. The highest BCUT2D eigenvalue weighted by Gasteiger charge is 2.16. The Hall–Kier alpha value is -1.42. The molecule has 0 N–H and O–H groups in total. The van der Waals surface area contributed by atoms with E-state index >= 15 is 0 Å². The van der Waals surface area contributed by atoms with Gasteiger partial charge in [-0.05, 0) is 12.1 Å².